The first-order valence-electron chi connectivity index (χ1n) is 7.10. The van der Waals surface area contributed by atoms with Crippen LogP contribution in [-0.4, -0.2) is 26.3 Å². The topological polar surface area (TPSA) is 54.3 Å². The largest absolute Gasteiger partial charge is 0.497 e. The van der Waals surface area contributed by atoms with Gasteiger partial charge in [-0.05, 0) is 43.0 Å². The Balaban J connectivity index is 1.98. The summed E-state index contributed by atoms with van der Waals surface area (Å²) in [5.74, 6) is 1.70. The summed E-state index contributed by atoms with van der Waals surface area (Å²) in [5, 5.41) is 12.8. The number of nitriles is 1. The van der Waals surface area contributed by atoms with E-state index in [1.54, 1.807) is 14.2 Å². The molecule has 0 atom stereocenters. The van der Waals surface area contributed by atoms with Gasteiger partial charge in [0.2, 0.25) is 0 Å². The van der Waals surface area contributed by atoms with Crippen molar-refractivity contribution in [2.75, 3.05) is 20.8 Å². The Morgan fingerprint density at radius 3 is 2.60 bits per heavy atom. The highest BCUT2D eigenvalue weighted by atomic mass is 16.5. The maximum Gasteiger partial charge on any atom is 0.122 e. The smallest absolute Gasteiger partial charge is 0.122 e. The molecule has 0 aliphatic heterocycles. The fraction of sp³-hybridized carbons (Fsp3) is 0.562. The zero-order valence-electron chi connectivity index (χ0n) is 12.2. The lowest BCUT2D eigenvalue weighted by molar-refractivity contribution is 0.393. The van der Waals surface area contributed by atoms with E-state index in [4.69, 9.17) is 9.47 Å². The van der Waals surface area contributed by atoms with E-state index in [2.05, 4.69) is 11.4 Å². The first-order chi connectivity index (χ1) is 9.73. The Labute approximate surface area is 120 Å². The summed E-state index contributed by atoms with van der Waals surface area (Å²) < 4.78 is 10.6. The van der Waals surface area contributed by atoms with Crippen LogP contribution < -0.4 is 14.8 Å². The van der Waals surface area contributed by atoms with Gasteiger partial charge in [0.05, 0.1) is 20.3 Å². The van der Waals surface area contributed by atoms with Crippen molar-refractivity contribution >= 4 is 0 Å². The van der Waals surface area contributed by atoms with Gasteiger partial charge in [0.15, 0.2) is 0 Å². The highest BCUT2D eigenvalue weighted by molar-refractivity contribution is 5.40. The summed E-state index contributed by atoms with van der Waals surface area (Å²) in [5.41, 5.74) is 0.789. The molecule has 0 bridgehead atoms. The molecule has 1 fully saturated rings. The van der Waals surface area contributed by atoms with Gasteiger partial charge in [-0.15, -0.1) is 0 Å². The van der Waals surface area contributed by atoms with E-state index < -0.39 is 0 Å². The Hall–Kier alpha value is -1.73. The maximum absolute atomic E-state index is 9.34. The van der Waals surface area contributed by atoms with Crippen LogP contribution in [0.1, 0.15) is 31.2 Å². The molecule has 1 saturated carbocycles. The van der Waals surface area contributed by atoms with E-state index in [0.29, 0.717) is 0 Å². The van der Waals surface area contributed by atoms with Crippen molar-refractivity contribution in [1.82, 2.24) is 5.32 Å². The summed E-state index contributed by atoms with van der Waals surface area (Å²) in [7, 11) is 3.33. The molecule has 0 aromatic heterocycles. The average Bonchev–Trinajstić information content (AvgIpc) is 2.96. The predicted molar refractivity (Wildman–Crippen MR) is 78.1 cm³/mol. The Bertz CT molecular complexity index is 488. The van der Waals surface area contributed by atoms with Crippen LogP contribution >= 0.6 is 0 Å². The number of hydrogen-bond donors (Lipinski definition) is 1. The van der Waals surface area contributed by atoms with E-state index in [-0.39, 0.29) is 5.54 Å². The summed E-state index contributed by atoms with van der Waals surface area (Å²) in [6.07, 6.45) is 5.02. The second-order valence-corrected chi connectivity index (χ2v) is 5.26. The molecule has 1 aliphatic rings. The van der Waals surface area contributed by atoms with Crippen molar-refractivity contribution in [3.05, 3.63) is 23.8 Å². The fourth-order valence-corrected chi connectivity index (χ4v) is 2.82. The lowest BCUT2D eigenvalue weighted by Gasteiger charge is -2.22. The van der Waals surface area contributed by atoms with Gasteiger partial charge in [-0.2, -0.15) is 5.26 Å². The lowest BCUT2D eigenvalue weighted by atomic mass is 9.99. The van der Waals surface area contributed by atoms with Gasteiger partial charge >= 0.3 is 0 Å². The molecule has 0 heterocycles. The van der Waals surface area contributed by atoms with Crippen molar-refractivity contribution < 1.29 is 9.47 Å². The van der Waals surface area contributed by atoms with E-state index in [9.17, 15) is 5.26 Å². The molecule has 0 spiro atoms. The molecule has 2 rings (SSSR count). The number of nitrogens with zero attached hydrogens (tertiary/aromatic N) is 1. The van der Waals surface area contributed by atoms with Crippen molar-refractivity contribution in [1.29, 1.82) is 5.26 Å². The first kappa shape index (κ1) is 14.7. The molecule has 0 saturated heterocycles. The molecule has 0 amide bonds. The van der Waals surface area contributed by atoms with Gasteiger partial charge in [0.1, 0.15) is 17.0 Å². The minimum absolute atomic E-state index is 0.313. The summed E-state index contributed by atoms with van der Waals surface area (Å²) in [4.78, 5) is 0. The molecule has 4 nitrogen and oxygen atoms in total. The quantitative estimate of drug-likeness (QED) is 0.866. The molecular weight excluding hydrogens is 252 g/mol. The highest BCUT2D eigenvalue weighted by Crippen LogP contribution is 2.29. The Morgan fingerprint density at radius 2 is 2.00 bits per heavy atom. The third-order valence-corrected chi connectivity index (χ3v) is 4.02. The van der Waals surface area contributed by atoms with Crippen LogP contribution in [0.3, 0.4) is 0 Å². The van der Waals surface area contributed by atoms with E-state index in [1.807, 2.05) is 18.2 Å². The second kappa shape index (κ2) is 6.62. The van der Waals surface area contributed by atoms with E-state index >= 15 is 0 Å². The molecule has 1 aromatic carbocycles. The second-order valence-electron chi connectivity index (χ2n) is 5.26. The van der Waals surface area contributed by atoms with Crippen molar-refractivity contribution in [2.24, 2.45) is 0 Å². The van der Waals surface area contributed by atoms with E-state index in [0.717, 1.165) is 55.7 Å². The van der Waals surface area contributed by atoms with Crippen LogP contribution in [0.2, 0.25) is 0 Å². The molecule has 0 unspecified atom stereocenters. The fourth-order valence-electron chi connectivity index (χ4n) is 2.82. The number of rotatable bonds is 6. The molecule has 108 valence electrons. The molecule has 0 radical (unpaired) electrons. The zero-order chi connectivity index (χ0) is 14.4. The van der Waals surface area contributed by atoms with Gasteiger partial charge in [-0.3, -0.25) is 5.32 Å². The zero-order valence-corrected chi connectivity index (χ0v) is 12.2. The van der Waals surface area contributed by atoms with Gasteiger partial charge < -0.3 is 9.47 Å². The van der Waals surface area contributed by atoms with Gasteiger partial charge in [0.25, 0.3) is 0 Å². The molecular formula is C16H22N2O2. The highest BCUT2D eigenvalue weighted by Gasteiger charge is 2.32. The summed E-state index contributed by atoms with van der Waals surface area (Å²) in [6, 6.07) is 8.25. The summed E-state index contributed by atoms with van der Waals surface area (Å²) in [6.45, 7) is 0.775. The standard InChI is InChI=1S/C16H22N2O2/c1-19-14-5-6-15(20-2)13(11-14)7-10-18-16(12-17)8-3-4-9-16/h5-6,11,18H,3-4,7-10H2,1-2H3. The van der Waals surface area contributed by atoms with Gasteiger partial charge in [0, 0.05) is 6.54 Å². The van der Waals surface area contributed by atoms with Gasteiger partial charge in [-0.1, -0.05) is 12.8 Å². The van der Waals surface area contributed by atoms with Crippen LogP contribution in [-0.2, 0) is 6.42 Å². The number of nitrogens with one attached hydrogen (secondary N) is 1. The van der Waals surface area contributed by atoms with Crippen LogP contribution in [0.15, 0.2) is 18.2 Å². The van der Waals surface area contributed by atoms with E-state index in [1.165, 1.54) is 0 Å². The SMILES string of the molecule is COc1ccc(OC)c(CCNC2(C#N)CCCC2)c1. The predicted octanol–water partition coefficient (Wildman–Crippen LogP) is 2.67. The Kier molecular flexibility index (Phi) is 4.86. The molecule has 20 heavy (non-hydrogen) atoms. The maximum atomic E-state index is 9.34. The number of ether oxygens (including phenoxy) is 2. The lowest BCUT2D eigenvalue weighted by Crippen LogP contribution is -2.42. The van der Waals surface area contributed by atoms with Crippen LogP contribution in [0.5, 0.6) is 11.5 Å². The monoisotopic (exact) mass is 274 g/mol. The normalized spacial score (nSPS) is 16.6. The van der Waals surface area contributed by atoms with Crippen molar-refractivity contribution in [3.8, 4) is 17.6 Å². The van der Waals surface area contributed by atoms with Gasteiger partial charge in [-0.25, -0.2) is 0 Å². The minimum atomic E-state index is -0.313. The number of benzene rings is 1. The van der Waals surface area contributed by atoms with Crippen LogP contribution in [0, 0.1) is 11.3 Å². The van der Waals surface area contributed by atoms with Crippen molar-refractivity contribution in [3.63, 3.8) is 0 Å². The first-order valence-corrected chi connectivity index (χ1v) is 7.10. The molecule has 1 aromatic rings. The van der Waals surface area contributed by atoms with Crippen LogP contribution in [0.4, 0.5) is 0 Å². The third-order valence-electron chi connectivity index (χ3n) is 4.02. The number of methoxy groups -OCH3 is 2. The van der Waals surface area contributed by atoms with Crippen molar-refractivity contribution in [2.45, 2.75) is 37.6 Å². The number of hydrogen-bond acceptors (Lipinski definition) is 4. The van der Waals surface area contributed by atoms with Crippen LogP contribution in [0.25, 0.3) is 0 Å². The average molecular weight is 274 g/mol. The molecule has 1 N–H and O–H groups in total. The molecule has 4 heteroatoms. The summed E-state index contributed by atoms with van der Waals surface area (Å²) >= 11 is 0. The molecule has 1 aliphatic carbocycles. The Morgan fingerprint density at radius 1 is 1.25 bits per heavy atom. The third kappa shape index (κ3) is 3.23. The minimum Gasteiger partial charge on any atom is -0.497 e.